The van der Waals surface area contributed by atoms with Gasteiger partial charge < -0.3 is 19.2 Å². The second-order valence-electron chi connectivity index (χ2n) is 5.99. The lowest BCUT2D eigenvalue weighted by molar-refractivity contribution is 0.0522. The SMILES string of the molecule is COCC1(N(C)C(=O)c2ccc(C#CC(C)(C)O)o2)CC1. The molecule has 0 spiro atoms. The fourth-order valence-corrected chi connectivity index (χ4v) is 2.10. The molecule has 1 heterocycles. The molecule has 114 valence electrons. The zero-order valence-electron chi connectivity index (χ0n) is 12.9. The molecular formula is C16H21NO4. The van der Waals surface area contributed by atoms with Crippen molar-refractivity contribution in [2.75, 3.05) is 20.8 Å². The van der Waals surface area contributed by atoms with Crippen LogP contribution < -0.4 is 0 Å². The number of hydrogen-bond acceptors (Lipinski definition) is 4. The van der Waals surface area contributed by atoms with Gasteiger partial charge in [0.1, 0.15) is 5.60 Å². The van der Waals surface area contributed by atoms with Crippen LogP contribution in [0.4, 0.5) is 0 Å². The fraction of sp³-hybridized carbons (Fsp3) is 0.562. The van der Waals surface area contributed by atoms with E-state index in [1.165, 1.54) is 0 Å². The summed E-state index contributed by atoms with van der Waals surface area (Å²) >= 11 is 0. The highest BCUT2D eigenvalue weighted by atomic mass is 16.5. The average molecular weight is 291 g/mol. The van der Waals surface area contributed by atoms with Gasteiger partial charge in [-0.3, -0.25) is 4.79 Å². The molecule has 5 heteroatoms. The van der Waals surface area contributed by atoms with Gasteiger partial charge in [0, 0.05) is 14.2 Å². The average Bonchev–Trinajstić information content (AvgIpc) is 3.03. The van der Waals surface area contributed by atoms with Crippen molar-refractivity contribution < 1.29 is 19.1 Å². The van der Waals surface area contributed by atoms with Crippen LogP contribution in [-0.2, 0) is 4.74 Å². The topological polar surface area (TPSA) is 62.9 Å². The number of nitrogens with zero attached hydrogens (tertiary/aromatic N) is 1. The smallest absolute Gasteiger partial charge is 0.289 e. The monoisotopic (exact) mass is 291 g/mol. The van der Waals surface area contributed by atoms with Gasteiger partial charge in [-0.05, 0) is 44.7 Å². The molecule has 1 amide bonds. The van der Waals surface area contributed by atoms with Gasteiger partial charge in [-0.2, -0.15) is 0 Å². The first-order chi connectivity index (χ1) is 9.77. The number of methoxy groups -OCH3 is 1. The van der Waals surface area contributed by atoms with Crippen LogP contribution >= 0.6 is 0 Å². The Balaban J connectivity index is 2.10. The Hall–Kier alpha value is -1.77. The summed E-state index contributed by atoms with van der Waals surface area (Å²) in [6.07, 6.45) is 1.88. The third kappa shape index (κ3) is 3.66. The first-order valence-corrected chi connectivity index (χ1v) is 6.90. The van der Waals surface area contributed by atoms with Crippen molar-refractivity contribution in [2.45, 2.75) is 37.8 Å². The van der Waals surface area contributed by atoms with Crippen LogP contribution in [0.2, 0.25) is 0 Å². The molecule has 1 aliphatic rings. The maximum atomic E-state index is 12.4. The van der Waals surface area contributed by atoms with Crippen molar-refractivity contribution in [1.82, 2.24) is 4.90 Å². The Morgan fingerprint density at radius 3 is 2.71 bits per heavy atom. The van der Waals surface area contributed by atoms with Crippen molar-refractivity contribution in [2.24, 2.45) is 0 Å². The van der Waals surface area contributed by atoms with Crippen LogP contribution in [-0.4, -0.2) is 47.8 Å². The van der Waals surface area contributed by atoms with Gasteiger partial charge in [-0.25, -0.2) is 0 Å². The van der Waals surface area contributed by atoms with E-state index in [4.69, 9.17) is 9.15 Å². The molecule has 5 nitrogen and oxygen atoms in total. The van der Waals surface area contributed by atoms with E-state index in [1.54, 1.807) is 45.0 Å². The summed E-state index contributed by atoms with van der Waals surface area (Å²) in [6.45, 7) is 3.70. The van der Waals surface area contributed by atoms with Crippen molar-refractivity contribution in [3.8, 4) is 11.8 Å². The second-order valence-corrected chi connectivity index (χ2v) is 5.99. The highest BCUT2D eigenvalue weighted by molar-refractivity contribution is 5.92. The van der Waals surface area contributed by atoms with Crippen molar-refractivity contribution in [1.29, 1.82) is 0 Å². The Labute approximate surface area is 124 Å². The molecule has 0 aromatic carbocycles. The van der Waals surface area contributed by atoms with Gasteiger partial charge in [0.25, 0.3) is 5.91 Å². The summed E-state index contributed by atoms with van der Waals surface area (Å²) in [5.41, 5.74) is -1.29. The van der Waals surface area contributed by atoms with Crippen LogP contribution in [0.3, 0.4) is 0 Å². The minimum Gasteiger partial charge on any atom is -0.443 e. The number of carbonyl (C=O) groups is 1. The van der Waals surface area contributed by atoms with Gasteiger partial charge >= 0.3 is 0 Å². The van der Waals surface area contributed by atoms with Crippen molar-refractivity contribution >= 4 is 5.91 Å². The maximum absolute atomic E-state index is 12.4. The molecule has 0 aliphatic heterocycles. The highest BCUT2D eigenvalue weighted by Gasteiger charge is 2.49. The van der Waals surface area contributed by atoms with Crippen LogP contribution in [0, 0.1) is 11.8 Å². The normalized spacial score (nSPS) is 16.0. The van der Waals surface area contributed by atoms with Crippen molar-refractivity contribution in [3.63, 3.8) is 0 Å². The quantitative estimate of drug-likeness (QED) is 0.857. The zero-order valence-corrected chi connectivity index (χ0v) is 12.9. The number of carbonyl (C=O) groups excluding carboxylic acids is 1. The maximum Gasteiger partial charge on any atom is 0.289 e. The Morgan fingerprint density at radius 1 is 1.52 bits per heavy atom. The lowest BCUT2D eigenvalue weighted by Crippen LogP contribution is -2.41. The van der Waals surface area contributed by atoms with Crippen LogP contribution in [0.15, 0.2) is 16.5 Å². The standard InChI is InChI=1S/C16H21NO4/c1-15(2,19)8-7-12-5-6-13(21-12)14(18)17(3)16(9-10-16)11-20-4/h5-6,19H,9-11H2,1-4H3. The number of hydrogen-bond donors (Lipinski definition) is 1. The first kappa shape index (κ1) is 15.6. The third-order valence-corrected chi connectivity index (χ3v) is 3.56. The second kappa shape index (κ2) is 5.55. The molecule has 0 atom stereocenters. The largest absolute Gasteiger partial charge is 0.443 e. The summed E-state index contributed by atoms with van der Waals surface area (Å²) in [7, 11) is 3.40. The predicted molar refractivity (Wildman–Crippen MR) is 77.8 cm³/mol. The van der Waals surface area contributed by atoms with Crippen LogP contribution in [0.1, 0.15) is 43.0 Å². The highest BCUT2D eigenvalue weighted by Crippen LogP contribution is 2.41. The van der Waals surface area contributed by atoms with E-state index in [-0.39, 0.29) is 17.2 Å². The predicted octanol–water partition coefficient (Wildman–Crippen LogP) is 1.65. The molecule has 21 heavy (non-hydrogen) atoms. The molecule has 2 rings (SSSR count). The summed E-state index contributed by atoms with van der Waals surface area (Å²) in [6, 6.07) is 3.24. The molecule has 1 N–H and O–H groups in total. The van der Waals surface area contributed by atoms with Gasteiger partial charge in [-0.1, -0.05) is 5.92 Å². The molecule has 1 fully saturated rings. The molecular weight excluding hydrogens is 270 g/mol. The van der Waals surface area contributed by atoms with Crippen molar-refractivity contribution in [3.05, 3.63) is 23.7 Å². The van der Waals surface area contributed by atoms with E-state index in [0.29, 0.717) is 12.4 Å². The summed E-state index contributed by atoms with van der Waals surface area (Å²) in [5, 5.41) is 9.55. The van der Waals surface area contributed by atoms with E-state index in [9.17, 15) is 9.90 Å². The van der Waals surface area contributed by atoms with Gasteiger partial charge in [0.05, 0.1) is 12.1 Å². The van der Waals surface area contributed by atoms with Crippen LogP contribution in [0.25, 0.3) is 0 Å². The molecule has 0 radical (unpaired) electrons. The molecule has 0 bridgehead atoms. The number of furan rings is 1. The lowest BCUT2D eigenvalue weighted by atomic mass is 10.1. The van der Waals surface area contributed by atoms with Gasteiger partial charge in [0.2, 0.25) is 0 Å². The van der Waals surface area contributed by atoms with Gasteiger partial charge in [-0.15, -0.1) is 0 Å². The summed E-state index contributed by atoms with van der Waals surface area (Å²) in [5.74, 6) is 5.80. The Kier molecular flexibility index (Phi) is 4.13. The lowest BCUT2D eigenvalue weighted by Gasteiger charge is -2.26. The molecule has 1 aromatic rings. The third-order valence-electron chi connectivity index (χ3n) is 3.56. The molecule has 0 unspecified atom stereocenters. The van der Waals surface area contributed by atoms with Gasteiger partial charge in [0.15, 0.2) is 11.5 Å². The molecule has 1 saturated carbocycles. The first-order valence-electron chi connectivity index (χ1n) is 6.90. The fourth-order valence-electron chi connectivity index (χ4n) is 2.10. The number of rotatable bonds is 4. The number of amides is 1. The van der Waals surface area contributed by atoms with E-state index in [0.717, 1.165) is 12.8 Å². The van der Waals surface area contributed by atoms with E-state index in [2.05, 4.69) is 11.8 Å². The minimum atomic E-state index is -1.09. The minimum absolute atomic E-state index is 0.180. The Bertz CT molecular complexity index is 581. The van der Waals surface area contributed by atoms with E-state index in [1.807, 2.05) is 0 Å². The molecule has 0 saturated heterocycles. The van der Waals surface area contributed by atoms with Crippen LogP contribution in [0.5, 0.6) is 0 Å². The number of likely N-dealkylation sites (N-methyl/N-ethyl adjacent to an activating group) is 1. The zero-order chi connectivity index (χ0) is 15.7. The number of ether oxygens (including phenoxy) is 1. The van der Waals surface area contributed by atoms with E-state index < -0.39 is 5.60 Å². The molecule has 1 aliphatic carbocycles. The summed E-state index contributed by atoms with van der Waals surface area (Å²) < 4.78 is 10.6. The molecule has 1 aromatic heterocycles. The summed E-state index contributed by atoms with van der Waals surface area (Å²) in [4.78, 5) is 14.1. The van der Waals surface area contributed by atoms with E-state index >= 15 is 0 Å². The number of aliphatic hydroxyl groups is 1. The Morgan fingerprint density at radius 2 is 2.19 bits per heavy atom.